The summed E-state index contributed by atoms with van der Waals surface area (Å²) in [5, 5.41) is 0. The molecule has 0 N–H and O–H groups in total. The second-order valence-corrected chi connectivity index (χ2v) is 4.19. The smallest absolute Gasteiger partial charge is 0.301 e. The third kappa shape index (κ3) is 3.34. The van der Waals surface area contributed by atoms with Crippen molar-refractivity contribution in [3.05, 3.63) is 49.0 Å². The first kappa shape index (κ1) is 11.7. The molecule has 0 fully saturated rings. The molecule has 2 aliphatic rings. The second kappa shape index (κ2) is 6.09. The highest BCUT2D eigenvalue weighted by Crippen LogP contribution is 2.11. The molecule has 0 atom stereocenters. The molecule has 2 heterocycles. The second-order valence-electron chi connectivity index (χ2n) is 4.19. The lowest BCUT2D eigenvalue weighted by atomic mass is 10.1. The van der Waals surface area contributed by atoms with Crippen LogP contribution in [0.2, 0.25) is 0 Å². The number of hydrogen-bond donors (Lipinski definition) is 0. The first-order valence-electron chi connectivity index (χ1n) is 6.15. The van der Waals surface area contributed by atoms with Gasteiger partial charge in [-0.2, -0.15) is 0 Å². The van der Waals surface area contributed by atoms with Crippen molar-refractivity contribution in [2.24, 2.45) is 0 Å². The topological polar surface area (TPSA) is 23.6 Å². The molecule has 2 aliphatic heterocycles. The van der Waals surface area contributed by atoms with Crippen molar-refractivity contribution in [2.75, 3.05) is 6.54 Å². The summed E-state index contributed by atoms with van der Waals surface area (Å²) < 4.78 is 0. The van der Waals surface area contributed by atoms with Crippen LogP contribution in [0.15, 0.2) is 49.0 Å². The molecule has 2 rings (SSSR count). The number of allylic oxidation sites excluding steroid dienone is 5. The Balaban J connectivity index is 2.04. The van der Waals surface area contributed by atoms with Gasteiger partial charge in [0, 0.05) is 25.1 Å². The Morgan fingerprint density at radius 3 is 2.41 bits per heavy atom. The molecule has 0 unspecified atom stereocenters. The van der Waals surface area contributed by atoms with Crippen molar-refractivity contribution in [2.45, 2.75) is 25.7 Å². The van der Waals surface area contributed by atoms with E-state index in [4.69, 9.17) is 0 Å². The molecule has 0 saturated heterocycles. The minimum absolute atomic E-state index is 0.0133. The zero-order valence-corrected chi connectivity index (χ0v) is 9.96. The molecular weight excluding hydrogens is 212 g/mol. The minimum atomic E-state index is 0.0133. The lowest BCUT2D eigenvalue weighted by Gasteiger charge is -2.24. The molecule has 3 nitrogen and oxygen atoms in total. The van der Waals surface area contributed by atoms with Gasteiger partial charge in [-0.25, -0.2) is 4.79 Å². The van der Waals surface area contributed by atoms with Gasteiger partial charge < -0.3 is 4.90 Å². The fourth-order valence-electron chi connectivity index (χ4n) is 1.90. The van der Waals surface area contributed by atoms with Crippen molar-refractivity contribution < 1.29 is 4.79 Å². The van der Waals surface area contributed by atoms with E-state index >= 15 is 0 Å². The molecule has 3 heteroatoms. The van der Waals surface area contributed by atoms with Crippen molar-refractivity contribution >= 4 is 6.03 Å². The van der Waals surface area contributed by atoms with E-state index in [1.54, 1.807) is 22.2 Å². The van der Waals surface area contributed by atoms with Crippen LogP contribution in [0.25, 0.3) is 0 Å². The fourth-order valence-corrected chi connectivity index (χ4v) is 1.90. The Hall–Kier alpha value is -1.77. The maximum absolute atomic E-state index is 12.2. The quantitative estimate of drug-likeness (QED) is 0.625. The highest BCUT2D eigenvalue weighted by atomic mass is 16.2. The van der Waals surface area contributed by atoms with Gasteiger partial charge in [0.05, 0.1) is 0 Å². The fraction of sp³-hybridized carbons (Fsp3) is 0.357. The van der Waals surface area contributed by atoms with Gasteiger partial charge in [-0.05, 0) is 31.4 Å². The molecule has 0 saturated carbocycles. The molecular formula is C14H18N2O. The molecule has 0 radical (unpaired) electrons. The number of carbonyl (C=O) groups excluding carboxylic acids is 1. The van der Waals surface area contributed by atoms with Crippen LogP contribution in [0.1, 0.15) is 25.7 Å². The van der Waals surface area contributed by atoms with Crippen molar-refractivity contribution in [3.8, 4) is 0 Å². The summed E-state index contributed by atoms with van der Waals surface area (Å²) >= 11 is 0. The Kier molecular flexibility index (Phi) is 4.19. The molecule has 0 spiro atoms. The predicted molar refractivity (Wildman–Crippen MR) is 69.0 cm³/mol. The molecule has 0 aliphatic carbocycles. The molecule has 0 aromatic heterocycles. The average molecular weight is 230 g/mol. The number of urea groups is 1. The Morgan fingerprint density at radius 2 is 1.65 bits per heavy atom. The van der Waals surface area contributed by atoms with Gasteiger partial charge in [0.2, 0.25) is 0 Å². The van der Waals surface area contributed by atoms with Gasteiger partial charge in [0.25, 0.3) is 0 Å². The zero-order valence-electron chi connectivity index (χ0n) is 9.96. The monoisotopic (exact) mass is 230 g/mol. The maximum atomic E-state index is 12.2. The summed E-state index contributed by atoms with van der Waals surface area (Å²) in [7, 11) is 0. The van der Waals surface area contributed by atoms with Gasteiger partial charge in [0.1, 0.15) is 0 Å². The summed E-state index contributed by atoms with van der Waals surface area (Å²) in [5.74, 6) is 0. The van der Waals surface area contributed by atoms with Crippen LogP contribution in [0, 0.1) is 0 Å². The van der Waals surface area contributed by atoms with Crippen LogP contribution in [0.3, 0.4) is 0 Å². The van der Waals surface area contributed by atoms with Crippen LogP contribution in [0.5, 0.6) is 0 Å². The lowest BCUT2D eigenvalue weighted by Crippen LogP contribution is -2.35. The Morgan fingerprint density at radius 1 is 0.882 bits per heavy atom. The van der Waals surface area contributed by atoms with E-state index in [2.05, 4.69) is 6.08 Å². The van der Waals surface area contributed by atoms with Gasteiger partial charge >= 0.3 is 6.03 Å². The van der Waals surface area contributed by atoms with Crippen LogP contribution in [-0.2, 0) is 0 Å². The first-order chi connectivity index (χ1) is 8.38. The van der Waals surface area contributed by atoms with E-state index in [0.717, 1.165) is 19.4 Å². The average Bonchev–Trinajstić information content (AvgIpc) is 2.56. The highest BCUT2D eigenvalue weighted by molar-refractivity contribution is 5.77. The van der Waals surface area contributed by atoms with E-state index < -0.39 is 0 Å². The van der Waals surface area contributed by atoms with Crippen molar-refractivity contribution in [3.63, 3.8) is 0 Å². The van der Waals surface area contributed by atoms with E-state index in [1.165, 1.54) is 12.8 Å². The number of rotatable bonds is 0. The molecule has 2 amide bonds. The summed E-state index contributed by atoms with van der Waals surface area (Å²) in [4.78, 5) is 15.6. The summed E-state index contributed by atoms with van der Waals surface area (Å²) in [5.41, 5.74) is 0. The number of nitrogens with zero attached hydrogens (tertiary/aromatic N) is 2. The molecule has 0 bridgehead atoms. The van der Waals surface area contributed by atoms with Crippen LogP contribution in [0.4, 0.5) is 4.79 Å². The zero-order chi connectivity index (χ0) is 11.9. The number of carbonyl (C=O) groups is 1. The summed E-state index contributed by atoms with van der Waals surface area (Å²) in [6, 6.07) is 0.0133. The minimum Gasteiger partial charge on any atom is -0.301 e. The predicted octanol–water partition coefficient (Wildman–Crippen LogP) is 3.40. The van der Waals surface area contributed by atoms with Crippen LogP contribution >= 0.6 is 0 Å². The molecule has 90 valence electrons. The lowest BCUT2D eigenvalue weighted by molar-refractivity contribution is 0.197. The third-order valence-electron chi connectivity index (χ3n) is 2.85. The van der Waals surface area contributed by atoms with E-state index in [1.807, 2.05) is 30.5 Å². The molecule has 0 aromatic carbocycles. The third-order valence-corrected chi connectivity index (χ3v) is 2.85. The van der Waals surface area contributed by atoms with Crippen LogP contribution < -0.4 is 0 Å². The number of hydrogen-bond acceptors (Lipinski definition) is 1. The largest absolute Gasteiger partial charge is 0.332 e. The summed E-state index contributed by atoms with van der Waals surface area (Å²) in [6.07, 6.45) is 19.7. The van der Waals surface area contributed by atoms with Crippen molar-refractivity contribution in [1.29, 1.82) is 0 Å². The van der Waals surface area contributed by atoms with Gasteiger partial charge in [-0.1, -0.05) is 24.6 Å². The van der Waals surface area contributed by atoms with E-state index in [0.29, 0.717) is 0 Å². The SMILES string of the molecule is O=C(N1C=CC=CC=C1)N1/C=C\CCCCC1. The van der Waals surface area contributed by atoms with Crippen LogP contribution in [-0.4, -0.2) is 22.4 Å². The highest BCUT2D eigenvalue weighted by Gasteiger charge is 2.16. The molecule has 0 aromatic rings. The first-order valence-corrected chi connectivity index (χ1v) is 6.15. The van der Waals surface area contributed by atoms with Crippen molar-refractivity contribution in [1.82, 2.24) is 9.80 Å². The van der Waals surface area contributed by atoms with Gasteiger partial charge in [0.15, 0.2) is 0 Å². The Labute approximate surface area is 102 Å². The standard InChI is InChI=1S/C14H18N2O/c17-14(16-12-8-4-5-9-13-16)15-10-6-2-1-3-7-11-15/h4-6,8-10,12-13H,1-3,7,11H2/b10-6-. The van der Waals surface area contributed by atoms with E-state index in [9.17, 15) is 4.79 Å². The van der Waals surface area contributed by atoms with Gasteiger partial charge in [-0.3, -0.25) is 4.90 Å². The number of amides is 2. The maximum Gasteiger partial charge on any atom is 0.332 e. The normalized spacial score (nSPS) is 21.9. The summed E-state index contributed by atoms with van der Waals surface area (Å²) in [6.45, 7) is 0.806. The Bertz CT molecular complexity index is 364. The van der Waals surface area contributed by atoms with Gasteiger partial charge in [-0.15, -0.1) is 0 Å². The van der Waals surface area contributed by atoms with E-state index in [-0.39, 0.29) is 6.03 Å². The molecule has 17 heavy (non-hydrogen) atoms.